The van der Waals surface area contributed by atoms with Crippen LogP contribution in [0.3, 0.4) is 0 Å². The van der Waals surface area contributed by atoms with E-state index in [0.29, 0.717) is 18.3 Å². The van der Waals surface area contributed by atoms with Crippen LogP contribution in [0.15, 0.2) is 90.0 Å². The van der Waals surface area contributed by atoms with Gasteiger partial charge in [-0.3, -0.25) is 4.79 Å². The minimum absolute atomic E-state index is 0.0364. The molecule has 0 saturated carbocycles. The summed E-state index contributed by atoms with van der Waals surface area (Å²) < 4.78 is 71.0. The first-order valence-corrected chi connectivity index (χ1v) is 17.6. The van der Waals surface area contributed by atoms with E-state index in [0.717, 1.165) is 62.9 Å². The van der Waals surface area contributed by atoms with Crippen LogP contribution in [0.5, 0.6) is 0 Å². The number of aromatic nitrogens is 1. The number of rotatable bonds is 7. The third kappa shape index (κ3) is 6.30. The van der Waals surface area contributed by atoms with Gasteiger partial charge in [-0.2, -0.15) is 17.5 Å². The lowest BCUT2D eigenvalue weighted by molar-refractivity contribution is -0.137. The highest BCUT2D eigenvalue weighted by Gasteiger charge is 2.39. The number of alkyl halides is 3. The zero-order valence-electron chi connectivity index (χ0n) is 25.9. The molecule has 0 fully saturated rings. The largest absolute Gasteiger partial charge is 0.416 e. The van der Waals surface area contributed by atoms with Crippen LogP contribution in [0.25, 0.3) is 0 Å². The predicted molar refractivity (Wildman–Crippen MR) is 173 cm³/mol. The first-order chi connectivity index (χ1) is 22.6. The van der Waals surface area contributed by atoms with Crippen molar-refractivity contribution in [1.29, 1.82) is 0 Å². The van der Waals surface area contributed by atoms with Crippen molar-refractivity contribution in [1.82, 2.24) is 14.2 Å². The summed E-state index contributed by atoms with van der Waals surface area (Å²) in [4.78, 5) is 15.7. The number of aryl methyl sites for hydroxylation is 2. The van der Waals surface area contributed by atoms with Gasteiger partial charge in [0.1, 0.15) is 0 Å². The summed E-state index contributed by atoms with van der Waals surface area (Å²) in [6.07, 6.45) is 1.82. The monoisotopic (exact) mass is 662 g/mol. The lowest BCUT2D eigenvalue weighted by Crippen LogP contribution is -2.44. The molecule has 2 unspecified atom stereocenters. The van der Waals surface area contributed by atoms with Gasteiger partial charge in [0.25, 0.3) is 0 Å². The first-order valence-electron chi connectivity index (χ1n) is 16.2. The van der Waals surface area contributed by atoms with Gasteiger partial charge in [0, 0.05) is 50.2 Å². The molecule has 3 aromatic carbocycles. The minimum atomic E-state index is -4.68. The second-order valence-corrected chi connectivity index (χ2v) is 14.6. The van der Waals surface area contributed by atoms with Gasteiger partial charge >= 0.3 is 6.18 Å². The molecule has 3 heterocycles. The fourth-order valence-corrected chi connectivity index (χ4v) is 9.08. The summed E-state index contributed by atoms with van der Waals surface area (Å²) in [6.45, 7) is 2.20. The number of fused-ring (bicyclic) bond motifs is 3. The van der Waals surface area contributed by atoms with Gasteiger partial charge in [-0.1, -0.05) is 42.5 Å². The van der Waals surface area contributed by atoms with Gasteiger partial charge in [-0.05, 0) is 90.8 Å². The Hall–Kier alpha value is -4.09. The average molecular weight is 663 g/mol. The molecule has 246 valence electrons. The molecule has 2 atom stereocenters. The summed E-state index contributed by atoms with van der Waals surface area (Å²) in [6, 6.07) is 21.3. The zero-order chi connectivity index (χ0) is 32.8. The summed E-state index contributed by atoms with van der Waals surface area (Å²) >= 11 is 0. The van der Waals surface area contributed by atoms with Crippen LogP contribution in [0.2, 0.25) is 0 Å². The van der Waals surface area contributed by atoms with E-state index in [1.165, 1.54) is 32.7 Å². The molecule has 2 aliphatic heterocycles. The number of para-hydroxylation sites is 1. The third-order valence-electron chi connectivity index (χ3n) is 9.70. The molecule has 7 nitrogen and oxygen atoms in total. The molecule has 1 aromatic heterocycles. The quantitative estimate of drug-likeness (QED) is 0.237. The maximum atomic E-state index is 13.8. The summed E-state index contributed by atoms with van der Waals surface area (Å²) in [7, 11) is -4.34. The molecule has 0 saturated heterocycles. The van der Waals surface area contributed by atoms with Gasteiger partial charge in [-0.15, -0.1) is 0 Å². The number of hydrogen-bond donors (Lipinski definition) is 1. The number of carbonyl (C=O) groups is 1. The maximum absolute atomic E-state index is 13.8. The highest BCUT2D eigenvalue weighted by Crippen LogP contribution is 2.37. The molecule has 1 N–H and O–H groups in total. The molecule has 47 heavy (non-hydrogen) atoms. The van der Waals surface area contributed by atoms with Gasteiger partial charge in [-0.25, -0.2) is 8.42 Å². The third-order valence-corrected chi connectivity index (χ3v) is 11.6. The lowest BCUT2D eigenvalue weighted by Gasteiger charge is -2.36. The van der Waals surface area contributed by atoms with E-state index in [4.69, 9.17) is 0 Å². The number of hydrogen-bond acceptors (Lipinski definition) is 4. The van der Waals surface area contributed by atoms with Crippen LogP contribution >= 0.6 is 0 Å². The van der Waals surface area contributed by atoms with Crippen molar-refractivity contribution in [2.75, 3.05) is 18.0 Å². The standard InChI is InChI=1S/C36H37F3N4O3S/c37-36(38,39)28-10-4-11-29(22-28)47(45,46)43-20-19-41-17-6-14-33(41)34(43)23-35(44)40-31-12-3-8-27-21-25(15-16-30(27)31)24-42-18-5-9-26-7-1-2-13-32(26)42/h1-2,4,6-7,10-11,13-17,21-22,31,34H,3,5,8-9,12,18-20,23-24H2,(H,40,44). The SMILES string of the molecule is O=C(CC1c2cccn2CCN1S(=O)(=O)c1cccc(C(F)(F)F)c1)NC1CCCc2cc(CN3CCCc4ccccc43)ccc21. The van der Waals surface area contributed by atoms with Crippen molar-refractivity contribution < 1.29 is 26.4 Å². The minimum Gasteiger partial charge on any atom is -0.367 e. The van der Waals surface area contributed by atoms with Crippen molar-refractivity contribution in [3.63, 3.8) is 0 Å². The zero-order valence-corrected chi connectivity index (χ0v) is 26.7. The number of halogens is 3. The van der Waals surface area contributed by atoms with Crippen LogP contribution in [0.1, 0.15) is 71.3 Å². The molecule has 1 amide bonds. The Bertz CT molecular complexity index is 1910. The van der Waals surface area contributed by atoms with Crippen LogP contribution in [0.4, 0.5) is 18.9 Å². The van der Waals surface area contributed by atoms with Crippen LogP contribution in [-0.4, -0.2) is 36.3 Å². The molecule has 0 spiro atoms. The fourth-order valence-electron chi connectivity index (χ4n) is 7.45. The van der Waals surface area contributed by atoms with Gasteiger partial charge < -0.3 is 14.8 Å². The Morgan fingerprint density at radius 1 is 0.872 bits per heavy atom. The molecule has 11 heteroatoms. The highest BCUT2D eigenvalue weighted by molar-refractivity contribution is 7.89. The number of anilines is 1. The fraction of sp³-hybridized carbons (Fsp3) is 0.361. The molecule has 1 aliphatic carbocycles. The predicted octanol–water partition coefficient (Wildman–Crippen LogP) is 6.79. The molecule has 3 aliphatic rings. The van der Waals surface area contributed by atoms with E-state index < -0.39 is 32.7 Å². The lowest BCUT2D eigenvalue weighted by atomic mass is 9.86. The molecule has 0 bridgehead atoms. The van der Waals surface area contributed by atoms with E-state index >= 15 is 0 Å². The van der Waals surface area contributed by atoms with Crippen LogP contribution < -0.4 is 10.2 Å². The van der Waals surface area contributed by atoms with Gasteiger partial charge in [0.15, 0.2) is 0 Å². The van der Waals surface area contributed by atoms with Crippen molar-refractivity contribution in [3.05, 3.63) is 119 Å². The molecular weight excluding hydrogens is 625 g/mol. The second kappa shape index (κ2) is 12.5. The van der Waals surface area contributed by atoms with E-state index in [2.05, 4.69) is 52.7 Å². The smallest absolute Gasteiger partial charge is 0.367 e. The van der Waals surface area contributed by atoms with Crippen molar-refractivity contribution in [2.24, 2.45) is 0 Å². The van der Waals surface area contributed by atoms with E-state index in [-0.39, 0.29) is 24.9 Å². The van der Waals surface area contributed by atoms with Gasteiger partial charge in [0.05, 0.1) is 22.5 Å². The highest BCUT2D eigenvalue weighted by atomic mass is 32.2. The number of nitrogens with zero attached hydrogens (tertiary/aromatic N) is 3. The number of benzene rings is 3. The Labute approximate surface area is 273 Å². The van der Waals surface area contributed by atoms with Crippen molar-refractivity contribution in [2.45, 2.75) is 74.8 Å². The number of nitrogens with one attached hydrogen (secondary N) is 1. The topological polar surface area (TPSA) is 74.6 Å². The molecular formula is C36H37F3N4O3S. The Morgan fingerprint density at radius 3 is 2.55 bits per heavy atom. The van der Waals surface area contributed by atoms with E-state index in [1.807, 2.05) is 10.8 Å². The summed E-state index contributed by atoms with van der Waals surface area (Å²) in [5.41, 5.74) is 5.79. The van der Waals surface area contributed by atoms with Crippen LogP contribution in [0, 0.1) is 0 Å². The Balaban J connectivity index is 1.09. The number of sulfonamides is 1. The summed E-state index contributed by atoms with van der Waals surface area (Å²) in [5.74, 6) is -0.305. The number of amides is 1. The van der Waals surface area contributed by atoms with Crippen LogP contribution in [-0.2, 0) is 46.9 Å². The van der Waals surface area contributed by atoms with E-state index in [9.17, 15) is 26.4 Å². The maximum Gasteiger partial charge on any atom is 0.416 e. The Kier molecular flexibility index (Phi) is 8.38. The molecule has 7 rings (SSSR count). The molecule has 0 radical (unpaired) electrons. The first kappa shape index (κ1) is 31.5. The summed E-state index contributed by atoms with van der Waals surface area (Å²) in [5, 5.41) is 3.17. The van der Waals surface area contributed by atoms with Crippen molar-refractivity contribution in [3.8, 4) is 0 Å². The normalized spacial score (nSPS) is 19.9. The average Bonchev–Trinajstić information content (AvgIpc) is 3.54. The number of carbonyl (C=O) groups excluding carboxylic acids is 1. The van der Waals surface area contributed by atoms with Gasteiger partial charge in [0.2, 0.25) is 15.9 Å². The second-order valence-electron chi connectivity index (χ2n) is 12.7. The molecule has 4 aromatic rings. The van der Waals surface area contributed by atoms with E-state index in [1.54, 1.807) is 12.1 Å². The van der Waals surface area contributed by atoms with Crippen molar-refractivity contribution >= 4 is 21.6 Å². The Morgan fingerprint density at radius 2 is 1.70 bits per heavy atom.